The van der Waals surface area contributed by atoms with E-state index in [1.54, 1.807) is 35.0 Å². The van der Waals surface area contributed by atoms with Crippen LogP contribution >= 0.6 is 11.6 Å². The van der Waals surface area contributed by atoms with Crippen molar-refractivity contribution in [3.63, 3.8) is 0 Å². The summed E-state index contributed by atoms with van der Waals surface area (Å²) in [6.07, 6.45) is 0. The van der Waals surface area contributed by atoms with Gasteiger partial charge in [-0.2, -0.15) is 0 Å². The molecule has 0 aliphatic rings. The lowest BCUT2D eigenvalue weighted by molar-refractivity contribution is 0.103. The van der Waals surface area contributed by atoms with Gasteiger partial charge < -0.3 is 5.73 Å². The van der Waals surface area contributed by atoms with Crippen LogP contribution in [0.4, 0.5) is 0 Å². The summed E-state index contributed by atoms with van der Waals surface area (Å²) in [6, 6.07) is 14.3. The summed E-state index contributed by atoms with van der Waals surface area (Å²) in [5, 5.41) is 8.55. The first-order valence-corrected chi connectivity index (χ1v) is 7.49. The van der Waals surface area contributed by atoms with Crippen molar-refractivity contribution in [1.29, 1.82) is 0 Å². The molecule has 0 fully saturated rings. The maximum Gasteiger partial charge on any atom is 0.193 e. The van der Waals surface area contributed by atoms with Gasteiger partial charge in [-0.15, -0.1) is 5.10 Å². The number of aromatic nitrogens is 3. The largest absolute Gasteiger partial charge is 0.312 e. The Labute approximate surface area is 138 Å². The third-order valence-corrected chi connectivity index (χ3v) is 3.83. The molecule has 3 rings (SSSR count). The molecule has 1 heterocycles. The molecule has 1 aromatic heterocycles. The van der Waals surface area contributed by atoms with Crippen LogP contribution in [0.2, 0.25) is 5.02 Å². The van der Waals surface area contributed by atoms with Gasteiger partial charge in [-0.3, -0.25) is 4.79 Å². The fourth-order valence-electron chi connectivity index (χ4n) is 2.52. The van der Waals surface area contributed by atoms with E-state index in [0.717, 1.165) is 11.3 Å². The molecule has 2 aromatic carbocycles. The number of nitrogens with zero attached hydrogens (tertiary/aromatic N) is 3. The summed E-state index contributed by atoms with van der Waals surface area (Å²) in [6.45, 7) is 2.01. The highest BCUT2D eigenvalue weighted by Crippen LogP contribution is 2.29. The SMILES string of the molecule is Cc1nnn(CN)c1-c1ccc(Cl)cc1C(=O)c1ccccc1. The Balaban J connectivity index is 2.20. The molecular formula is C17H15ClN4O. The van der Waals surface area contributed by atoms with Crippen molar-refractivity contribution in [3.05, 3.63) is 70.4 Å². The van der Waals surface area contributed by atoms with Crippen LogP contribution in [0.15, 0.2) is 48.5 Å². The average molecular weight is 327 g/mol. The Hall–Kier alpha value is -2.50. The number of halogens is 1. The summed E-state index contributed by atoms with van der Waals surface area (Å²) in [5.41, 5.74) is 8.97. The third kappa shape index (κ3) is 2.88. The molecule has 0 saturated heterocycles. The number of nitrogens with two attached hydrogens (primary N) is 1. The fraction of sp³-hybridized carbons (Fsp3) is 0.118. The molecule has 6 heteroatoms. The number of hydrogen-bond donors (Lipinski definition) is 1. The Bertz CT molecular complexity index is 858. The normalized spacial score (nSPS) is 10.7. The van der Waals surface area contributed by atoms with Gasteiger partial charge in [0, 0.05) is 21.7 Å². The first-order valence-electron chi connectivity index (χ1n) is 7.11. The second-order valence-corrected chi connectivity index (χ2v) is 5.53. The van der Waals surface area contributed by atoms with E-state index >= 15 is 0 Å². The van der Waals surface area contributed by atoms with Crippen molar-refractivity contribution in [2.75, 3.05) is 0 Å². The van der Waals surface area contributed by atoms with E-state index in [1.165, 1.54) is 0 Å². The van der Waals surface area contributed by atoms with Crippen LogP contribution in [0.3, 0.4) is 0 Å². The van der Waals surface area contributed by atoms with E-state index in [4.69, 9.17) is 17.3 Å². The van der Waals surface area contributed by atoms with Crippen molar-refractivity contribution in [2.45, 2.75) is 13.6 Å². The minimum Gasteiger partial charge on any atom is -0.312 e. The van der Waals surface area contributed by atoms with Crippen LogP contribution in [-0.2, 0) is 6.67 Å². The molecular weight excluding hydrogens is 312 g/mol. The molecule has 0 radical (unpaired) electrons. The minimum absolute atomic E-state index is 0.104. The smallest absolute Gasteiger partial charge is 0.193 e. The minimum atomic E-state index is -0.104. The van der Waals surface area contributed by atoms with Gasteiger partial charge in [0.05, 0.1) is 18.1 Å². The van der Waals surface area contributed by atoms with Gasteiger partial charge in [-0.05, 0) is 19.1 Å². The summed E-state index contributed by atoms with van der Waals surface area (Å²) in [7, 11) is 0. The summed E-state index contributed by atoms with van der Waals surface area (Å²) < 4.78 is 1.57. The first kappa shape index (κ1) is 15.4. The van der Waals surface area contributed by atoms with Crippen LogP contribution in [-0.4, -0.2) is 20.8 Å². The Morgan fingerprint density at radius 2 is 1.96 bits per heavy atom. The zero-order valence-electron chi connectivity index (χ0n) is 12.5. The second kappa shape index (κ2) is 6.32. The van der Waals surface area contributed by atoms with Crippen molar-refractivity contribution >= 4 is 17.4 Å². The zero-order chi connectivity index (χ0) is 16.4. The lowest BCUT2D eigenvalue weighted by atomic mass is 9.96. The van der Waals surface area contributed by atoms with E-state index in [2.05, 4.69) is 10.3 Å². The van der Waals surface area contributed by atoms with Gasteiger partial charge in [-0.1, -0.05) is 53.2 Å². The van der Waals surface area contributed by atoms with E-state index in [9.17, 15) is 4.79 Å². The molecule has 2 N–H and O–H groups in total. The highest BCUT2D eigenvalue weighted by molar-refractivity contribution is 6.31. The summed E-state index contributed by atoms with van der Waals surface area (Å²) in [4.78, 5) is 12.9. The predicted molar refractivity (Wildman–Crippen MR) is 89.3 cm³/mol. The van der Waals surface area contributed by atoms with Crippen LogP contribution in [0.25, 0.3) is 11.3 Å². The van der Waals surface area contributed by atoms with E-state index in [-0.39, 0.29) is 12.5 Å². The maximum atomic E-state index is 12.9. The maximum absolute atomic E-state index is 12.9. The van der Waals surface area contributed by atoms with E-state index in [0.29, 0.717) is 21.8 Å². The van der Waals surface area contributed by atoms with E-state index < -0.39 is 0 Å². The van der Waals surface area contributed by atoms with Gasteiger partial charge in [-0.25, -0.2) is 4.68 Å². The van der Waals surface area contributed by atoms with Crippen LogP contribution in [0, 0.1) is 6.92 Å². The predicted octanol–water partition coefficient (Wildman–Crippen LogP) is 3.05. The quantitative estimate of drug-likeness (QED) is 0.748. The topological polar surface area (TPSA) is 73.8 Å². The van der Waals surface area contributed by atoms with Crippen LogP contribution < -0.4 is 5.73 Å². The first-order chi connectivity index (χ1) is 11.1. The van der Waals surface area contributed by atoms with Crippen molar-refractivity contribution in [3.8, 4) is 11.3 Å². The molecule has 3 aromatic rings. The van der Waals surface area contributed by atoms with E-state index in [1.807, 2.05) is 25.1 Å². The Morgan fingerprint density at radius 3 is 2.65 bits per heavy atom. The number of hydrogen-bond acceptors (Lipinski definition) is 4. The standard InChI is InChI=1S/C17H15ClN4O/c1-11-16(22(10-19)21-20-11)14-8-7-13(18)9-15(14)17(23)12-5-3-2-4-6-12/h2-9H,10,19H2,1H3. The van der Waals surface area contributed by atoms with Gasteiger partial charge >= 0.3 is 0 Å². The molecule has 116 valence electrons. The third-order valence-electron chi connectivity index (χ3n) is 3.59. The molecule has 5 nitrogen and oxygen atoms in total. The number of rotatable bonds is 4. The molecule has 0 amide bonds. The van der Waals surface area contributed by atoms with Crippen LogP contribution in [0.1, 0.15) is 21.6 Å². The Morgan fingerprint density at radius 1 is 1.22 bits per heavy atom. The van der Waals surface area contributed by atoms with Crippen molar-refractivity contribution in [1.82, 2.24) is 15.0 Å². The number of aryl methyl sites for hydroxylation is 1. The molecule has 0 spiro atoms. The highest BCUT2D eigenvalue weighted by atomic mass is 35.5. The number of ketones is 1. The van der Waals surface area contributed by atoms with Crippen molar-refractivity contribution < 1.29 is 4.79 Å². The molecule has 0 unspecified atom stereocenters. The molecule has 0 aliphatic carbocycles. The van der Waals surface area contributed by atoms with Crippen molar-refractivity contribution in [2.24, 2.45) is 5.73 Å². The number of carbonyl (C=O) groups is 1. The van der Waals surface area contributed by atoms with Gasteiger partial charge in [0.15, 0.2) is 5.78 Å². The van der Waals surface area contributed by atoms with Gasteiger partial charge in [0.2, 0.25) is 0 Å². The molecule has 0 saturated carbocycles. The van der Waals surface area contributed by atoms with Crippen LogP contribution in [0.5, 0.6) is 0 Å². The second-order valence-electron chi connectivity index (χ2n) is 5.09. The Kier molecular flexibility index (Phi) is 4.23. The lowest BCUT2D eigenvalue weighted by Crippen LogP contribution is -2.12. The monoisotopic (exact) mass is 326 g/mol. The highest BCUT2D eigenvalue weighted by Gasteiger charge is 2.20. The summed E-state index contributed by atoms with van der Waals surface area (Å²) in [5.74, 6) is -0.104. The molecule has 23 heavy (non-hydrogen) atoms. The fourth-order valence-corrected chi connectivity index (χ4v) is 2.69. The van der Waals surface area contributed by atoms with Gasteiger partial charge in [0.25, 0.3) is 0 Å². The van der Waals surface area contributed by atoms with Gasteiger partial charge in [0.1, 0.15) is 0 Å². The number of benzene rings is 2. The average Bonchev–Trinajstić information content (AvgIpc) is 2.95. The molecule has 0 aliphatic heterocycles. The molecule has 0 bridgehead atoms. The molecule has 0 atom stereocenters. The lowest BCUT2D eigenvalue weighted by Gasteiger charge is -2.11. The number of carbonyl (C=O) groups excluding carboxylic acids is 1. The zero-order valence-corrected chi connectivity index (χ0v) is 13.3. The summed E-state index contributed by atoms with van der Waals surface area (Å²) >= 11 is 6.11.